The summed E-state index contributed by atoms with van der Waals surface area (Å²) >= 11 is 0. The third-order valence-corrected chi connectivity index (χ3v) is 10.4. The number of ether oxygens (including phenoxy) is 1. The second-order valence-electron chi connectivity index (χ2n) is 9.31. The third-order valence-electron chi connectivity index (χ3n) is 5.95. The summed E-state index contributed by atoms with van der Waals surface area (Å²) in [4.78, 5) is 25.6. The van der Waals surface area contributed by atoms with E-state index in [-0.39, 0.29) is 10.8 Å². The Kier molecular flexibility index (Phi) is 7.78. The Labute approximate surface area is 181 Å². The van der Waals surface area contributed by atoms with Gasteiger partial charge in [-0.05, 0) is 42.8 Å². The minimum atomic E-state index is -2.14. The van der Waals surface area contributed by atoms with Crippen molar-refractivity contribution in [2.45, 2.75) is 65.0 Å². The van der Waals surface area contributed by atoms with Crippen molar-refractivity contribution >= 4 is 20.1 Å². The molecule has 5 heteroatoms. The Balaban J connectivity index is 2.23. The molecule has 0 heterocycles. The van der Waals surface area contributed by atoms with E-state index in [4.69, 9.17) is 9.16 Å². The average molecular weight is 427 g/mol. The SMILES string of the molecule is C[C@H](OC(=O)c1ccccc1)C(=O)[C@H](C)[C@H](O[Si](C)(C)C(C)(C)C)c1ccccc1. The Morgan fingerprint density at radius 1 is 0.867 bits per heavy atom. The monoisotopic (exact) mass is 426 g/mol. The number of ketones is 1. The maximum absolute atomic E-state index is 13.2. The van der Waals surface area contributed by atoms with Crippen LogP contribution in [0.25, 0.3) is 0 Å². The summed E-state index contributed by atoms with van der Waals surface area (Å²) < 4.78 is 12.2. The highest BCUT2D eigenvalue weighted by Crippen LogP contribution is 2.42. The van der Waals surface area contributed by atoms with Crippen molar-refractivity contribution in [3.8, 4) is 0 Å². The molecule has 0 saturated heterocycles. The van der Waals surface area contributed by atoms with E-state index in [9.17, 15) is 9.59 Å². The topological polar surface area (TPSA) is 52.6 Å². The molecule has 0 unspecified atom stereocenters. The quantitative estimate of drug-likeness (QED) is 0.372. The van der Waals surface area contributed by atoms with Crippen molar-refractivity contribution in [1.82, 2.24) is 0 Å². The Morgan fingerprint density at radius 3 is 1.87 bits per heavy atom. The number of hydrogen-bond donors (Lipinski definition) is 0. The highest BCUT2D eigenvalue weighted by molar-refractivity contribution is 6.74. The van der Waals surface area contributed by atoms with Crippen LogP contribution in [-0.2, 0) is 14.0 Å². The number of Topliss-reactive ketones (excluding diaryl/α,β-unsaturated/α-hetero) is 1. The molecule has 162 valence electrons. The summed E-state index contributed by atoms with van der Waals surface area (Å²) in [5, 5.41) is 0.00812. The molecule has 0 aliphatic rings. The van der Waals surface area contributed by atoms with Gasteiger partial charge < -0.3 is 9.16 Å². The zero-order chi connectivity index (χ0) is 22.5. The Hall–Kier alpha value is -2.24. The molecule has 2 aromatic carbocycles. The van der Waals surface area contributed by atoms with Gasteiger partial charge in [-0.2, -0.15) is 0 Å². The normalized spacial score (nSPS) is 15.2. The Morgan fingerprint density at radius 2 is 1.37 bits per heavy atom. The zero-order valence-corrected chi connectivity index (χ0v) is 20.1. The van der Waals surface area contributed by atoms with Crippen LogP contribution >= 0.6 is 0 Å². The number of hydrogen-bond acceptors (Lipinski definition) is 4. The lowest BCUT2D eigenvalue weighted by molar-refractivity contribution is -0.133. The molecule has 0 N–H and O–H groups in total. The fourth-order valence-corrected chi connectivity index (χ4v) is 4.30. The molecular weight excluding hydrogens is 392 g/mol. The van der Waals surface area contributed by atoms with Crippen molar-refractivity contribution in [2.75, 3.05) is 0 Å². The van der Waals surface area contributed by atoms with Gasteiger partial charge in [0.2, 0.25) is 0 Å². The molecular formula is C25H34O4Si. The third kappa shape index (κ3) is 5.89. The molecule has 0 bridgehead atoms. The van der Waals surface area contributed by atoms with Crippen LogP contribution in [0.3, 0.4) is 0 Å². The second-order valence-corrected chi connectivity index (χ2v) is 14.1. The number of carbonyl (C=O) groups excluding carboxylic acids is 2. The van der Waals surface area contributed by atoms with E-state index in [1.165, 1.54) is 0 Å². The number of benzene rings is 2. The predicted molar refractivity (Wildman–Crippen MR) is 123 cm³/mol. The maximum atomic E-state index is 13.2. The van der Waals surface area contributed by atoms with Crippen molar-refractivity contribution in [3.05, 3.63) is 71.8 Å². The molecule has 0 amide bonds. The lowest BCUT2D eigenvalue weighted by Gasteiger charge is -2.41. The molecule has 2 rings (SSSR count). The molecule has 4 nitrogen and oxygen atoms in total. The van der Waals surface area contributed by atoms with E-state index in [0.717, 1.165) is 5.56 Å². The van der Waals surface area contributed by atoms with Crippen LogP contribution in [0.5, 0.6) is 0 Å². The van der Waals surface area contributed by atoms with Crippen molar-refractivity contribution < 1.29 is 18.8 Å². The zero-order valence-electron chi connectivity index (χ0n) is 19.1. The van der Waals surface area contributed by atoms with Crippen LogP contribution in [0.4, 0.5) is 0 Å². The lowest BCUT2D eigenvalue weighted by atomic mass is 9.91. The van der Waals surface area contributed by atoms with E-state index in [2.05, 4.69) is 33.9 Å². The predicted octanol–water partition coefficient (Wildman–Crippen LogP) is 6.20. The van der Waals surface area contributed by atoms with Crippen LogP contribution in [0.15, 0.2) is 60.7 Å². The van der Waals surface area contributed by atoms with Gasteiger partial charge in [-0.3, -0.25) is 4.79 Å². The molecule has 2 aromatic rings. The first-order chi connectivity index (χ1) is 13.9. The van der Waals surface area contributed by atoms with Gasteiger partial charge in [0.15, 0.2) is 20.2 Å². The minimum absolute atomic E-state index is 0.00812. The first kappa shape index (κ1) is 24.0. The Bertz CT molecular complexity index is 840. The first-order valence-corrected chi connectivity index (χ1v) is 13.4. The number of carbonyl (C=O) groups is 2. The lowest BCUT2D eigenvalue weighted by Crippen LogP contribution is -2.44. The van der Waals surface area contributed by atoms with Crippen molar-refractivity contribution in [3.63, 3.8) is 0 Å². The summed E-state index contributed by atoms with van der Waals surface area (Å²) in [5.41, 5.74) is 1.40. The van der Waals surface area contributed by atoms with Gasteiger partial charge in [-0.1, -0.05) is 76.2 Å². The molecule has 0 fully saturated rings. The standard InChI is InChI=1S/C25H34O4Si/c1-18(22(26)19(2)28-24(27)21-16-12-9-13-17-21)23(20-14-10-8-11-15-20)29-30(6,7)25(3,4)5/h8-19,23H,1-7H3/t18-,19-,23-/m0/s1. The average Bonchev–Trinajstić information content (AvgIpc) is 2.71. The number of esters is 1. The highest BCUT2D eigenvalue weighted by atomic mass is 28.4. The molecule has 0 spiro atoms. The number of rotatable bonds is 8. The van der Waals surface area contributed by atoms with E-state index in [1.54, 1.807) is 31.2 Å². The van der Waals surface area contributed by atoms with Crippen LogP contribution in [0.1, 0.15) is 56.6 Å². The molecule has 3 atom stereocenters. The highest BCUT2D eigenvalue weighted by Gasteiger charge is 2.42. The van der Waals surface area contributed by atoms with Crippen molar-refractivity contribution in [1.29, 1.82) is 0 Å². The second kappa shape index (κ2) is 9.71. The van der Waals surface area contributed by atoms with Crippen LogP contribution in [0, 0.1) is 5.92 Å². The van der Waals surface area contributed by atoms with Gasteiger partial charge in [-0.25, -0.2) is 4.79 Å². The minimum Gasteiger partial charge on any atom is -0.451 e. The molecule has 0 saturated carbocycles. The summed E-state index contributed by atoms with van der Waals surface area (Å²) in [6.07, 6.45) is -1.25. The molecule has 0 aliphatic carbocycles. The molecule has 0 radical (unpaired) electrons. The van der Waals surface area contributed by atoms with Gasteiger partial charge in [0.1, 0.15) is 0 Å². The molecule has 0 aliphatic heterocycles. The van der Waals surface area contributed by atoms with E-state index in [0.29, 0.717) is 5.56 Å². The van der Waals surface area contributed by atoms with Gasteiger partial charge in [0, 0.05) is 5.92 Å². The summed E-state index contributed by atoms with van der Waals surface area (Å²) in [6.45, 7) is 14.4. The van der Waals surface area contributed by atoms with Gasteiger partial charge in [0.05, 0.1) is 11.7 Å². The summed E-state index contributed by atoms with van der Waals surface area (Å²) in [5.74, 6) is -1.10. The fraction of sp³-hybridized carbons (Fsp3) is 0.440. The fourth-order valence-electron chi connectivity index (χ4n) is 2.98. The van der Waals surface area contributed by atoms with Gasteiger partial charge in [0.25, 0.3) is 0 Å². The molecule has 0 aromatic heterocycles. The van der Waals surface area contributed by atoms with Crippen LogP contribution < -0.4 is 0 Å². The first-order valence-electron chi connectivity index (χ1n) is 10.5. The van der Waals surface area contributed by atoms with Crippen LogP contribution in [0.2, 0.25) is 18.1 Å². The van der Waals surface area contributed by atoms with Crippen molar-refractivity contribution in [2.24, 2.45) is 5.92 Å². The summed E-state index contributed by atoms with van der Waals surface area (Å²) in [6, 6.07) is 18.5. The van der Waals surface area contributed by atoms with E-state index < -0.39 is 32.4 Å². The van der Waals surface area contributed by atoms with E-state index >= 15 is 0 Å². The molecule has 30 heavy (non-hydrogen) atoms. The van der Waals surface area contributed by atoms with Crippen LogP contribution in [-0.4, -0.2) is 26.2 Å². The maximum Gasteiger partial charge on any atom is 0.338 e. The smallest absolute Gasteiger partial charge is 0.338 e. The summed E-state index contributed by atoms with van der Waals surface area (Å²) in [7, 11) is -2.14. The van der Waals surface area contributed by atoms with E-state index in [1.807, 2.05) is 43.3 Å². The largest absolute Gasteiger partial charge is 0.451 e. The van der Waals surface area contributed by atoms with Gasteiger partial charge in [-0.15, -0.1) is 0 Å². The van der Waals surface area contributed by atoms with Gasteiger partial charge >= 0.3 is 5.97 Å².